The van der Waals surface area contributed by atoms with Crippen LogP contribution in [0.4, 0.5) is 19.0 Å². The molecule has 0 aliphatic carbocycles. The van der Waals surface area contributed by atoms with E-state index in [0.717, 1.165) is 21.3 Å². The topological polar surface area (TPSA) is 176 Å². The van der Waals surface area contributed by atoms with Crippen LogP contribution >= 0.6 is 0 Å². The Kier molecular flexibility index (Phi) is 9.85. The second kappa shape index (κ2) is 12.6. The van der Waals surface area contributed by atoms with E-state index in [9.17, 15) is 27.6 Å². The third-order valence-electron chi connectivity index (χ3n) is 5.06. The molecule has 1 amide bonds. The number of nitrogens with one attached hydrogen (secondary N) is 2. The molecule has 0 fully saturated rings. The molecular weight excluding hydrogens is 499 g/mol. The predicted octanol–water partition coefficient (Wildman–Crippen LogP) is 0.612. The van der Waals surface area contributed by atoms with Gasteiger partial charge in [-0.05, 0) is 49.0 Å². The molecule has 0 saturated heterocycles. The first-order chi connectivity index (χ1) is 17.3. The number of carbonyl (C=O) groups excluding carboxylic acids is 2. The molecule has 0 atom stereocenters. The highest BCUT2D eigenvalue weighted by molar-refractivity contribution is 5.78. The number of ether oxygens (including phenoxy) is 1. The van der Waals surface area contributed by atoms with Crippen LogP contribution < -0.4 is 32.4 Å². The summed E-state index contributed by atoms with van der Waals surface area (Å²) in [5, 5.41) is 8.46. The van der Waals surface area contributed by atoms with Gasteiger partial charge in [-0.15, -0.1) is 0 Å². The van der Waals surface area contributed by atoms with Gasteiger partial charge in [0.2, 0.25) is 17.7 Å². The van der Waals surface area contributed by atoms with Crippen molar-refractivity contribution in [2.24, 2.45) is 16.6 Å². The van der Waals surface area contributed by atoms with Crippen LogP contribution in [-0.4, -0.2) is 53.3 Å². The molecule has 1 heterocycles. The van der Waals surface area contributed by atoms with Gasteiger partial charge < -0.3 is 31.7 Å². The summed E-state index contributed by atoms with van der Waals surface area (Å²) < 4.78 is 43.6. The predicted molar refractivity (Wildman–Crippen MR) is 128 cm³/mol. The van der Waals surface area contributed by atoms with E-state index in [-0.39, 0.29) is 37.2 Å². The molecule has 0 bridgehead atoms. The van der Waals surface area contributed by atoms with Gasteiger partial charge in [0.05, 0.1) is 12.2 Å². The SMILES string of the molecule is Cc1ccc(CCNc2nc(OC(=O)C(F)(F)F)c(C)n(CC(=O)NCCON=C(N)N)c2=O)cc1C. The highest BCUT2D eigenvalue weighted by Crippen LogP contribution is 2.22. The molecular formula is C22H28F3N7O5. The Labute approximate surface area is 209 Å². The smallest absolute Gasteiger partial charge is 0.399 e. The van der Waals surface area contributed by atoms with Gasteiger partial charge in [-0.3, -0.25) is 14.2 Å². The number of oxime groups is 1. The van der Waals surface area contributed by atoms with E-state index >= 15 is 0 Å². The van der Waals surface area contributed by atoms with Gasteiger partial charge in [0.1, 0.15) is 13.2 Å². The lowest BCUT2D eigenvalue weighted by Gasteiger charge is -2.16. The van der Waals surface area contributed by atoms with Crippen molar-refractivity contribution in [1.29, 1.82) is 0 Å². The molecule has 15 heteroatoms. The number of guanidine groups is 1. The summed E-state index contributed by atoms with van der Waals surface area (Å²) in [6, 6.07) is 5.82. The van der Waals surface area contributed by atoms with Crippen molar-refractivity contribution in [3.8, 4) is 5.88 Å². The Morgan fingerprint density at radius 1 is 1.14 bits per heavy atom. The molecule has 0 aliphatic heterocycles. The Morgan fingerprint density at radius 3 is 2.46 bits per heavy atom. The normalized spacial score (nSPS) is 11.0. The van der Waals surface area contributed by atoms with E-state index in [1.165, 1.54) is 6.92 Å². The number of hydrogen-bond donors (Lipinski definition) is 4. The van der Waals surface area contributed by atoms with Gasteiger partial charge in [0.15, 0.2) is 5.82 Å². The lowest BCUT2D eigenvalue weighted by molar-refractivity contribution is -0.190. The fourth-order valence-corrected chi connectivity index (χ4v) is 3.01. The standard InChI is InChI=1S/C22H28F3N7O5/c1-12-4-5-15(10-13(12)2)6-7-29-17-19(34)32(11-16(33)28-8-9-36-31-21(26)27)14(3)18(30-17)37-20(35)22(23,24)25/h4-5,10H,6-9,11H2,1-3H3,(H,28,33)(H,29,30)(H4,26,27,31). The average Bonchev–Trinajstić information content (AvgIpc) is 2.80. The minimum atomic E-state index is -5.29. The van der Waals surface area contributed by atoms with E-state index in [1.54, 1.807) is 0 Å². The number of aryl methyl sites for hydroxylation is 2. The van der Waals surface area contributed by atoms with Crippen LogP contribution in [0.15, 0.2) is 28.1 Å². The van der Waals surface area contributed by atoms with Crippen LogP contribution in [-0.2, 0) is 27.4 Å². The second-order valence-electron chi connectivity index (χ2n) is 7.92. The van der Waals surface area contributed by atoms with Crippen LogP contribution in [0.2, 0.25) is 0 Å². The molecule has 2 aromatic rings. The first-order valence-corrected chi connectivity index (χ1v) is 11.0. The molecule has 1 aromatic heterocycles. The average molecular weight is 528 g/mol. The molecule has 0 unspecified atom stereocenters. The molecule has 1 aromatic carbocycles. The minimum absolute atomic E-state index is 0.0362. The van der Waals surface area contributed by atoms with Crippen molar-refractivity contribution < 1.29 is 32.3 Å². The zero-order valence-electron chi connectivity index (χ0n) is 20.4. The van der Waals surface area contributed by atoms with E-state index in [2.05, 4.69) is 25.5 Å². The molecule has 37 heavy (non-hydrogen) atoms. The van der Waals surface area contributed by atoms with Crippen LogP contribution in [0.25, 0.3) is 0 Å². The number of benzene rings is 1. The number of nitrogens with two attached hydrogens (primary N) is 2. The zero-order valence-corrected chi connectivity index (χ0v) is 20.4. The first-order valence-electron chi connectivity index (χ1n) is 11.0. The highest BCUT2D eigenvalue weighted by atomic mass is 19.4. The monoisotopic (exact) mass is 527 g/mol. The number of esters is 1. The number of halogens is 3. The lowest BCUT2D eigenvalue weighted by Crippen LogP contribution is -2.37. The third kappa shape index (κ3) is 8.70. The van der Waals surface area contributed by atoms with Crippen LogP contribution in [0.1, 0.15) is 22.4 Å². The Morgan fingerprint density at radius 2 is 1.84 bits per heavy atom. The minimum Gasteiger partial charge on any atom is -0.399 e. The van der Waals surface area contributed by atoms with Crippen LogP contribution in [0, 0.1) is 20.8 Å². The molecule has 0 saturated carbocycles. The summed E-state index contributed by atoms with van der Waals surface area (Å²) in [4.78, 5) is 45.2. The van der Waals surface area contributed by atoms with Gasteiger partial charge in [-0.1, -0.05) is 18.2 Å². The van der Waals surface area contributed by atoms with Crippen molar-refractivity contribution in [3.05, 3.63) is 50.9 Å². The number of rotatable bonds is 11. The van der Waals surface area contributed by atoms with Gasteiger partial charge in [-0.25, -0.2) is 4.79 Å². The maximum atomic E-state index is 13.0. The van der Waals surface area contributed by atoms with Crippen molar-refractivity contribution >= 4 is 23.7 Å². The number of alkyl halides is 3. The van der Waals surface area contributed by atoms with Crippen molar-refractivity contribution in [3.63, 3.8) is 0 Å². The van der Waals surface area contributed by atoms with Crippen molar-refractivity contribution in [2.45, 2.75) is 39.9 Å². The zero-order chi connectivity index (χ0) is 27.8. The number of aromatic nitrogens is 2. The molecule has 6 N–H and O–H groups in total. The third-order valence-corrected chi connectivity index (χ3v) is 5.06. The van der Waals surface area contributed by atoms with Crippen molar-refractivity contribution in [1.82, 2.24) is 14.9 Å². The molecule has 12 nitrogen and oxygen atoms in total. The van der Waals surface area contributed by atoms with E-state index < -0.39 is 36.0 Å². The maximum Gasteiger partial charge on any atom is 0.491 e. The van der Waals surface area contributed by atoms with Gasteiger partial charge in [-0.2, -0.15) is 18.2 Å². The van der Waals surface area contributed by atoms with Gasteiger partial charge >= 0.3 is 12.1 Å². The fourth-order valence-electron chi connectivity index (χ4n) is 3.01. The summed E-state index contributed by atoms with van der Waals surface area (Å²) in [7, 11) is 0. The molecule has 0 radical (unpaired) electrons. The fraction of sp³-hybridized carbons (Fsp3) is 0.409. The Bertz CT molecular complexity index is 1220. The van der Waals surface area contributed by atoms with E-state index in [4.69, 9.17) is 16.3 Å². The molecule has 202 valence electrons. The van der Waals surface area contributed by atoms with Crippen molar-refractivity contribution in [2.75, 3.05) is 25.0 Å². The Balaban J connectivity index is 2.24. The van der Waals surface area contributed by atoms with Crippen LogP contribution in [0.5, 0.6) is 5.88 Å². The van der Waals surface area contributed by atoms with Gasteiger partial charge in [0.25, 0.3) is 5.56 Å². The summed E-state index contributed by atoms with van der Waals surface area (Å²) in [5.41, 5.74) is 12.3. The number of nitrogens with zero attached hydrogens (tertiary/aromatic N) is 3. The maximum absolute atomic E-state index is 13.0. The summed E-state index contributed by atoms with van der Waals surface area (Å²) in [6.45, 7) is 4.58. The first kappa shape index (κ1) is 28.9. The van der Waals surface area contributed by atoms with E-state index in [0.29, 0.717) is 6.42 Å². The quantitative estimate of drug-likeness (QED) is 0.107. The lowest BCUT2D eigenvalue weighted by atomic mass is 10.0. The molecule has 2 rings (SSSR count). The molecule has 0 aliphatic rings. The summed E-state index contributed by atoms with van der Waals surface area (Å²) in [6.07, 6.45) is -4.83. The number of anilines is 1. The summed E-state index contributed by atoms with van der Waals surface area (Å²) in [5.74, 6) is -4.67. The highest BCUT2D eigenvalue weighted by Gasteiger charge is 2.42. The number of hydrogen-bond acceptors (Lipinski definition) is 8. The number of carbonyl (C=O) groups is 2. The number of amides is 1. The van der Waals surface area contributed by atoms with Crippen LogP contribution in [0.3, 0.4) is 0 Å². The molecule has 0 spiro atoms. The van der Waals surface area contributed by atoms with E-state index in [1.807, 2.05) is 32.0 Å². The Hall–Kier alpha value is -4.30. The van der Waals surface area contributed by atoms with Gasteiger partial charge in [0, 0.05) is 6.54 Å². The largest absolute Gasteiger partial charge is 0.491 e. The summed E-state index contributed by atoms with van der Waals surface area (Å²) >= 11 is 0. The second-order valence-corrected chi connectivity index (χ2v) is 7.92.